The molecule has 4 heteroatoms. The fraction of sp³-hybridized carbons (Fsp3) is 0.0385. The van der Waals surface area contributed by atoms with Crippen molar-refractivity contribution in [3.63, 3.8) is 0 Å². The van der Waals surface area contributed by atoms with E-state index in [1.54, 1.807) is 12.1 Å². The predicted molar refractivity (Wildman–Crippen MR) is 119 cm³/mol. The van der Waals surface area contributed by atoms with Gasteiger partial charge in [0, 0.05) is 23.4 Å². The van der Waals surface area contributed by atoms with Crippen molar-refractivity contribution in [3.05, 3.63) is 78.9 Å². The van der Waals surface area contributed by atoms with Gasteiger partial charge in [-0.3, -0.25) is 0 Å². The summed E-state index contributed by atoms with van der Waals surface area (Å²) < 4.78 is 10.9. The topological polar surface area (TPSA) is 42.2 Å². The molecule has 2 aliphatic heterocycles. The van der Waals surface area contributed by atoms with E-state index in [-0.39, 0.29) is 5.75 Å². The van der Waals surface area contributed by atoms with Crippen LogP contribution in [0, 0.1) is 0 Å². The van der Waals surface area contributed by atoms with Crippen LogP contribution in [0.5, 0.6) is 5.75 Å². The molecule has 0 spiro atoms. The summed E-state index contributed by atoms with van der Waals surface area (Å²) in [4.78, 5) is 0. The van der Waals surface area contributed by atoms with Crippen molar-refractivity contribution >= 4 is 44.0 Å². The lowest BCUT2D eigenvalue weighted by Crippen LogP contribution is -2.31. The first-order valence-electron chi connectivity index (χ1n) is 10.0. The molecule has 0 saturated carbocycles. The number of hydrogen-bond donors (Lipinski definition) is 1. The predicted octanol–water partition coefficient (Wildman–Crippen LogP) is 5.76. The quantitative estimate of drug-likeness (QED) is 0.220. The number of pyridine rings is 2. The normalized spacial score (nSPS) is 12.3. The van der Waals surface area contributed by atoms with Crippen LogP contribution < -0.4 is 4.57 Å². The van der Waals surface area contributed by atoms with Gasteiger partial charge >= 0.3 is 0 Å². The van der Waals surface area contributed by atoms with E-state index in [1.165, 1.54) is 16.5 Å². The van der Waals surface area contributed by atoms with E-state index in [4.69, 9.17) is 4.42 Å². The Hall–Kier alpha value is -4.05. The minimum Gasteiger partial charge on any atom is -0.508 e. The average molecular weight is 389 g/mol. The van der Waals surface area contributed by atoms with E-state index < -0.39 is 0 Å². The fourth-order valence-electron chi connectivity index (χ4n) is 5.06. The smallest absolute Gasteiger partial charge is 0.217 e. The van der Waals surface area contributed by atoms with E-state index in [2.05, 4.69) is 58.6 Å². The molecule has 0 fully saturated rings. The second-order valence-corrected chi connectivity index (χ2v) is 7.86. The molecular formula is C26H17N2O2+. The van der Waals surface area contributed by atoms with Crippen LogP contribution in [0.2, 0.25) is 0 Å². The highest BCUT2D eigenvalue weighted by molar-refractivity contribution is 6.23. The van der Waals surface area contributed by atoms with Crippen molar-refractivity contribution in [2.75, 3.05) is 0 Å². The second-order valence-electron chi connectivity index (χ2n) is 7.86. The number of aromatic nitrogens is 2. The molecule has 0 saturated heterocycles. The Bertz CT molecular complexity index is 1700. The molecule has 0 radical (unpaired) electrons. The van der Waals surface area contributed by atoms with E-state index in [0.717, 1.165) is 44.4 Å². The number of nitrogens with zero attached hydrogens (tertiary/aromatic N) is 2. The Morgan fingerprint density at radius 2 is 1.37 bits per heavy atom. The molecule has 1 aromatic heterocycles. The molecule has 4 aromatic carbocycles. The molecule has 3 heterocycles. The van der Waals surface area contributed by atoms with Crippen molar-refractivity contribution in [2.24, 2.45) is 7.05 Å². The maximum atomic E-state index is 9.83. The number of aryl methyl sites for hydroxylation is 1. The van der Waals surface area contributed by atoms with E-state index in [0.29, 0.717) is 0 Å². The highest BCUT2D eigenvalue weighted by atomic mass is 16.3. The summed E-state index contributed by atoms with van der Waals surface area (Å²) >= 11 is 0. The average Bonchev–Trinajstić information content (AvgIpc) is 2.78. The second kappa shape index (κ2) is 5.30. The Labute approximate surface area is 171 Å². The van der Waals surface area contributed by atoms with Gasteiger partial charge in [0.15, 0.2) is 0 Å². The zero-order valence-electron chi connectivity index (χ0n) is 16.3. The van der Waals surface area contributed by atoms with Crippen LogP contribution in [0.3, 0.4) is 0 Å². The highest BCUT2D eigenvalue weighted by Crippen LogP contribution is 2.47. The van der Waals surface area contributed by atoms with E-state index in [1.807, 2.05) is 24.3 Å². The van der Waals surface area contributed by atoms with Crippen molar-refractivity contribution in [1.82, 2.24) is 4.57 Å². The lowest BCUT2D eigenvalue weighted by molar-refractivity contribution is -0.617. The molecule has 0 amide bonds. The summed E-state index contributed by atoms with van der Waals surface area (Å²) in [5, 5.41) is 12.2. The van der Waals surface area contributed by atoms with Gasteiger partial charge in [-0.2, -0.15) is 4.57 Å². The maximum Gasteiger partial charge on any atom is 0.217 e. The molecule has 0 bridgehead atoms. The Kier molecular flexibility index (Phi) is 2.80. The first-order chi connectivity index (χ1) is 14.7. The maximum absolute atomic E-state index is 9.83. The number of phenols is 1. The third kappa shape index (κ3) is 1.79. The highest BCUT2D eigenvalue weighted by Gasteiger charge is 2.30. The summed E-state index contributed by atoms with van der Waals surface area (Å²) in [7, 11) is 2.11. The molecule has 142 valence electrons. The first kappa shape index (κ1) is 15.8. The first-order valence-corrected chi connectivity index (χ1v) is 10.0. The van der Waals surface area contributed by atoms with Crippen LogP contribution in [0.4, 0.5) is 0 Å². The summed E-state index contributed by atoms with van der Waals surface area (Å²) in [6.45, 7) is 0. The zero-order chi connectivity index (χ0) is 20.0. The fourth-order valence-corrected chi connectivity index (χ4v) is 5.06. The SMILES string of the molecule is C[n+]1c2cccc3oc4cccc5c4-c(c32)c2c(cccc21)n5-c1ccc(O)cc1. The van der Waals surface area contributed by atoms with Crippen LogP contribution >= 0.6 is 0 Å². The number of phenolic OH excluding ortho intramolecular Hbond substituents is 1. The molecule has 0 atom stereocenters. The van der Waals surface area contributed by atoms with Gasteiger partial charge in [0.2, 0.25) is 11.0 Å². The summed E-state index contributed by atoms with van der Waals surface area (Å²) in [5.74, 6) is 0.259. The molecule has 0 unspecified atom stereocenters. The molecule has 5 aromatic rings. The van der Waals surface area contributed by atoms with Crippen molar-refractivity contribution in [1.29, 1.82) is 0 Å². The van der Waals surface area contributed by atoms with Gasteiger partial charge in [0.25, 0.3) is 0 Å². The van der Waals surface area contributed by atoms with E-state index >= 15 is 0 Å². The Morgan fingerprint density at radius 1 is 0.700 bits per heavy atom. The largest absolute Gasteiger partial charge is 0.508 e. The van der Waals surface area contributed by atoms with Crippen LogP contribution in [0.25, 0.3) is 60.8 Å². The number of rotatable bonds is 1. The van der Waals surface area contributed by atoms with Crippen LogP contribution in [-0.4, -0.2) is 9.67 Å². The Morgan fingerprint density at radius 3 is 2.20 bits per heavy atom. The van der Waals surface area contributed by atoms with Crippen LogP contribution in [0.15, 0.2) is 83.3 Å². The third-order valence-electron chi connectivity index (χ3n) is 6.31. The molecule has 1 N–H and O–H groups in total. The van der Waals surface area contributed by atoms with Gasteiger partial charge in [0.05, 0.1) is 27.4 Å². The third-order valence-corrected chi connectivity index (χ3v) is 6.31. The molecule has 2 aliphatic rings. The van der Waals surface area contributed by atoms with Gasteiger partial charge < -0.3 is 14.1 Å². The molecule has 0 aliphatic carbocycles. The number of benzene rings is 4. The van der Waals surface area contributed by atoms with Crippen molar-refractivity contribution in [3.8, 4) is 22.6 Å². The lowest BCUT2D eigenvalue weighted by atomic mass is 9.90. The van der Waals surface area contributed by atoms with Gasteiger partial charge in [-0.15, -0.1) is 0 Å². The zero-order valence-corrected chi connectivity index (χ0v) is 16.3. The van der Waals surface area contributed by atoms with E-state index in [9.17, 15) is 5.11 Å². The molecule has 30 heavy (non-hydrogen) atoms. The van der Waals surface area contributed by atoms with Crippen molar-refractivity contribution < 1.29 is 14.1 Å². The van der Waals surface area contributed by atoms with Crippen LogP contribution in [0.1, 0.15) is 0 Å². The van der Waals surface area contributed by atoms with Gasteiger partial charge in [-0.1, -0.05) is 18.2 Å². The summed E-state index contributed by atoms with van der Waals surface area (Å²) in [6, 6.07) is 26.3. The van der Waals surface area contributed by atoms with Gasteiger partial charge in [-0.25, -0.2) is 0 Å². The minimum absolute atomic E-state index is 0.259. The van der Waals surface area contributed by atoms with Gasteiger partial charge in [0.1, 0.15) is 24.0 Å². The molecular weight excluding hydrogens is 372 g/mol. The molecule has 7 rings (SSSR count). The summed E-state index contributed by atoms with van der Waals surface area (Å²) in [6.07, 6.45) is 0. The molecule has 4 nitrogen and oxygen atoms in total. The van der Waals surface area contributed by atoms with Gasteiger partial charge in [-0.05, 0) is 48.5 Å². The van der Waals surface area contributed by atoms with Crippen molar-refractivity contribution in [2.45, 2.75) is 0 Å². The summed E-state index contributed by atoms with van der Waals surface area (Å²) in [5.41, 5.74) is 9.70. The standard InChI is InChI=1S/C26H16N2O2/c1-27-17-5-2-7-19-23(17)26-24-18(27)6-3-9-21(24)30-22-10-4-8-20(25(22)26)28(19)15-11-13-16(29)14-12-15/h2-14H,1H3/p+1. The monoisotopic (exact) mass is 389 g/mol. The number of hydrogen-bond acceptors (Lipinski definition) is 2. The Balaban J connectivity index is 1.87. The minimum atomic E-state index is 0.259. The van der Waals surface area contributed by atoms with Crippen LogP contribution in [-0.2, 0) is 7.05 Å². The number of aromatic hydroxyl groups is 1. The lowest BCUT2D eigenvalue weighted by Gasteiger charge is -2.24.